The van der Waals surface area contributed by atoms with Crippen LogP contribution >= 0.6 is 0 Å². The van der Waals surface area contributed by atoms with Crippen molar-refractivity contribution >= 4 is 15.9 Å². The lowest BCUT2D eigenvalue weighted by molar-refractivity contribution is 0.0946. The second kappa shape index (κ2) is 9.53. The van der Waals surface area contributed by atoms with Crippen LogP contribution in [-0.4, -0.2) is 44.9 Å². The van der Waals surface area contributed by atoms with Crippen molar-refractivity contribution in [1.82, 2.24) is 9.62 Å². The number of aryl methyl sites for hydroxylation is 1. The molecule has 0 saturated carbocycles. The summed E-state index contributed by atoms with van der Waals surface area (Å²) in [7, 11) is -3.61. The first kappa shape index (κ1) is 20.9. The number of nitrogens with one attached hydrogen (secondary N) is 1. The molecule has 6 nitrogen and oxygen atoms in total. The van der Waals surface area contributed by atoms with Crippen molar-refractivity contribution in [3.63, 3.8) is 0 Å². The molecule has 0 aliphatic heterocycles. The van der Waals surface area contributed by atoms with E-state index in [0.29, 0.717) is 31.8 Å². The minimum atomic E-state index is -3.61. The van der Waals surface area contributed by atoms with Gasteiger partial charge in [0.1, 0.15) is 12.4 Å². The predicted octanol–water partition coefficient (Wildman–Crippen LogP) is 2.83. The Morgan fingerprint density at radius 1 is 1.07 bits per heavy atom. The van der Waals surface area contributed by atoms with E-state index in [2.05, 4.69) is 5.32 Å². The minimum absolute atomic E-state index is 0.127. The highest BCUT2D eigenvalue weighted by Crippen LogP contribution is 2.19. The van der Waals surface area contributed by atoms with Gasteiger partial charge in [0.2, 0.25) is 10.0 Å². The number of nitrogens with zero attached hydrogens (tertiary/aromatic N) is 1. The minimum Gasteiger partial charge on any atom is -0.492 e. The van der Waals surface area contributed by atoms with Crippen LogP contribution in [-0.2, 0) is 10.0 Å². The van der Waals surface area contributed by atoms with Crippen molar-refractivity contribution in [2.45, 2.75) is 25.7 Å². The fraction of sp³-hybridized carbons (Fsp3) is 0.350. The van der Waals surface area contributed by atoms with Crippen molar-refractivity contribution in [3.05, 3.63) is 59.7 Å². The highest BCUT2D eigenvalue weighted by Gasteiger charge is 2.23. The Morgan fingerprint density at radius 2 is 1.74 bits per heavy atom. The van der Waals surface area contributed by atoms with Crippen LogP contribution < -0.4 is 10.1 Å². The third-order valence-electron chi connectivity index (χ3n) is 4.20. The lowest BCUT2D eigenvalue weighted by Crippen LogP contribution is -2.31. The van der Waals surface area contributed by atoms with Crippen molar-refractivity contribution < 1.29 is 17.9 Å². The Morgan fingerprint density at radius 3 is 2.37 bits per heavy atom. The number of amides is 1. The number of carbonyl (C=O) groups is 1. The van der Waals surface area contributed by atoms with E-state index in [0.717, 1.165) is 11.3 Å². The summed E-state index contributed by atoms with van der Waals surface area (Å²) >= 11 is 0. The quantitative estimate of drug-likeness (QED) is 0.668. The topological polar surface area (TPSA) is 75.7 Å². The number of para-hydroxylation sites is 1. The molecule has 0 aromatic heterocycles. The lowest BCUT2D eigenvalue weighted by Gasteiger charge is -2.19. The Bertz CT molecular complexity index is 863. The summed E-state index contributed by atoms with van der Waals surface area (Å²) in [5.74, 6) is 0.413. The SMILES string of the molecule is CCN(CC)S(=O)(=O)c1ccc(C)c(C(=O)NCCOc2ccccc2)c1. The summed E-state index contributed by atoms with van der Waals surface area (Å²) in [5.41, 5.74) is 1.07. The normalized spacial score (nSPS) is 11.4. The first-order chi connectivity index (χ1) is 12.9. The maximum Gasteiger partial charge on any atom is 0.251 e. The Kier molecular flexibility index (Phi) is 7.38. The zero-order valence-electron chi connectivity index (χ0n) is 15.9. The van der Waals surface area contributed by atoms with Gasteiger partial charge >= 0.3 is 0 Å². The van der Waals surface area contributed by atoms with Crippen LogP contribution in [0.15, 0.2) is 53.4 Å². The molecule has 2 aromatic carbocycles. The molecule has 0 aliphatic carbocycles. The van der Waals surface area contributed by atoms with Gasteiger partial charge in [0, 0.05) is 18.7 Å². The first-order valence-corrected chi connectivity index (χ1v) is 10.4. The highest BCUT2D eigenvalue weighted by molar-refractivity contribution is 7.89. The zero-order valence-corrected chi connectivity index (χ0v) is 16.8. The summed E-state index contributed by atoms with van der Waals surface area (Å²) in [6.07, 6.45) is 0. The van der Waals surface area contributed by atoms with Gasteiger partial charge < -0.3 is 10.1 Å². The van der Waals surface area contributed by atoms with Crippen LogP contribution in [0.1, 0.15) is 29.8 Å². The molecule has 0 spiro atoms. The number of hydrogen-bond donors (Lipinski definition) is 1. The van der Waals surface area contributed by atoms with Crippen molar-refractivity contribution in [2.24, 2.45) is 0 Å². The first-order valence-electron chi connectivity index (χ1n) is 8.97. The fourth-order valence-electron chi connectivity index (χ4n) is 2.66. The van der Waals surface area contributed by atoms with E-state index in [1.807, 2.05) is 30.3 Å². The van der Waals surface area contributed by atoms with E-state index in [-0.39, 0.29) is 10.8 Å². The summed E-state index contributed by atoms with van der Waals surface area (Å²) in [6.45, 7) is 6.76. The zero-order chi connectivity index (χ0) is 19.9. The van der Waals surface area contributed by atoms with Gasteiger partial charge in [0.05, 0.1) is 11.4 Å². The van der Waals surface area contributed by atoms with Gasteiger partial charge in [-0.2, -0.15) is 4.31 Å². The molecule has 0 saturated heterocycles. The molecule has 2 rings (SSSR count). The average molecular weight is 391 g/mol. The van der Waals surface area contributed by atoms with E-state index in [4.69, 9.17) is 4.74 Å². The number of benzene rings is 2. The van der Waals surface area contributed by atoms with Crippen LogP contribution in [0, 0.1) is 6.92 Å². The number of sulfonamides is 1. The van der Waals surface area contributed by atoms with Gasteiger partial charge in [0.25, 0.3) is 5.91 Å². The summed E-state index contributed by atoms with van der Waals surface area (Å²) in [4.78, 5) is 12.6. The Hall–Kier alpha value is -2.38. The van der Waals surface area contributed by atoms with Crippen LogP contribution in [0.25, 0.3) is 0 Å². The van der Waals surface area contributed by atoms with Crippen LogP contribution in [0.2, 0.25) is 0 Å². The van der Waals surface area contributed by atoms with Crippen molar-refractivity contribution in [2.75, 3.05) is 26.2 Å². The molecule has 27 heavy (non-hydrogen) atoms. The Labute approximate surface area is 161 Å². The second-order valence-electron chi connectivity index (χ2n) is 5.98. The molecular weight excluding hydrogens is 364 g/mol. The summed E-state index contributed by atoms with van der Waals surface area (Å²) in [6, 6.07) is 14.0. The van der Waals surface area contributed by atoms with Gasteiger partial charge in [0.15, 0.2) is 0 Å². The standard InChI is InChI=1S/C20H26N2O4S/c1-4-22(5-2)27(24,25)18-12-11-16(3)19(15-18)20(23)21-13-14-26-17-9-7-6-8-10-17/h6-12,15H,4-5,13-14H2,1-3H3,(H,21,23). The molecule has 1 amide bonds. The van der Waals surface area contributed by atoms with Crippen LogP contribution in [0.3, 0.4) is 0 Å². The van der Waals surface area contributed by atoms with E-state index in [1.54, 1.807) is 26.8 Å². The number of rotatable bonds is 9. The smallest absolute Gasteiger partial charge is 0.251 e. The molecule has 0 fully saturated rings. The molecule has 1 N–H and O–H groups in total. The molecule has 7 heteroatoms. The largest absolute Gasteiger partial charge is 0.492 e. The van der Waals surface area contributed by atoms with Crippen LogP contribution in [0.4, 0.5) is 0 Å². The fourth-order valence-corrected chi connectivity index (χ4v) is 4.15. The van der Waals surface area contributed by atoms with Crippen molar-refractivity contribution in [1.29, 1.82) is 0 Å². The molecular formula is C20H26N2O4S. The van der Waals surface area contributed by atoms with E-state index in [9.17, 15) is 13.2 Å². The molecule has 0 aliphatic rings. The molecule has 146 valence electrons. The Balaban J connectivity index is 2.05. The van der Waals surface area contributed by atoms with Gasteiger partial charge in [-0.15, -0.1) is 0 Å². The number of carbonyl (C=O) groups excluding carboxylic acids is 1. The molecule has 2 aromatic rings. The molecule has 0 radical (unpaired) electrons. The van der Waals surface area contributed by atoms with E-state index < -0.39 is 10.0 Å². The van der Waals surface area contributed by atoms with Gasteiger partial charge in [-0.1, -0.05) is 38.1 Å². The highest BCUT2D eigenvalue weighted by atomic mass is 32.2. The summed E-state index contributed by atoms with van der Waals surface area (Å²) < 4.78 is 32.3. The molecule has 0 bridgehead atoms. The lowest BCUT2D eigenvalue weighted by atomic mass is 10.1. The predicted molar refractivity (Wildman–Crippen MR) is 106 cm³/mol. The average Bonchev–Trinajstić information content (AvgIpc) is 2.67. The van der Waals surface area contributed by atoms with E-state index >= 15 is 0 Å². The molecule has 0 unspecified atom stereocenters. The van der Waals surface area contributed by atoms with Gasteiger partial charge in [-0.3, -0.25) is 4.79 Å². The monoisotopic (exact) mass is 390 g/mol. The van der Waals surface area contributed by atoms with Gasteiger partial charge in [-0.05, 0) is 36.8 Å². The summed E-state index contributed by atoms with van der Waals surface area (Å²) in [5, 5.41) is 2.77. The van der Waals surface area contributed by atoms with Crippen LogP contribution in [0.5, 0.6) is 5.75 Å². The number of hydrogen-bond acceptors (Lipinski definition) is 4. The second-order valence-corrected chi connectivity index (χ2v) is 7.92. The molecule has 0 atom stereocenters. The number of ether oxygens (including phenoxy) is 1. The third kappa shape index (κ3) is 5.30. The third-order valence-corrected chi connectivity index (χ3v) is 6.24. The molecule has 0 heterocycles. The maximum absolute atomic E-state index is 12.7. The van der Waals surface area contributed by atoms with Crippen molar-refractivity contribution in [3.8, 4) is 5.75 Å². The van der Waals surface area contributed by atoms with Gasteiger partial charge in [-0.25, -0.2) is 8.42 Å². The maximum atomic E-state index is 12.7. The van der Waals surface area contributed by atoms with E-state index in [1.165, 1.54) is 16.4 Å².